The Morgan fingerprint density at radius 3 is 1.67 bits per heavy atom. The Kier molecular flexibility index (Phi) is 5.92. The van der Waals surface area contributed by atoms with Crippen LogP contribution in [0.1, 0.15) is 0 Å². The Hall–Kier alpha value is 1.55. The van der Waals surface area contributed by atoms with Gasteiger partial charge in [-0.25, -0.2) is 0 Å². The monoisotopic (exact) mass is 442 g/mol. The molecule has 0 atom stereocenters. The van der Waals surface area contributed by atoms with Crippen LogP contribution in [0.5, 0.6) is 0 Å². The quantitative estimate of drug-likeness (QED) is 0.581. The molecule has 0 bridgehead atoms. The number of hydrogen-bond donors (Lipinski definition) is 0. The summed E-state index contributed by atoms with van der Waals surface area (Å²) in [7, 11) is 0. The summed E-state index contributed by atoms with van der Waals surface area (Å²) in [6.45, 7) is 0. The van der Waals surface area contributed by atoms with E-state index in [0.29, 0.717) is 42.9 Å². The molecule has 0 saturated carbocycles. The van der Waals surface area contributed by atoms with Crippen LogP contribution in [0.25, 0.3) is 0 Å². The van der Waals surface area contributed by atoms with E-state index in [1.807, 2.05) is 0 Å². The average Bonchev–Trinajstić information content (AvgIpc) is 1.65. The topological polar surface area (TPSA) is 35.5 Å². The zero-order valence-corrected chi connectivity index (χ0v) is 9.77. The summed E-state index contributed by atoms with van der Waals surface area (Å²) in [5.74, 6) is 0. The molecule has 0 rings (SSSR count). The molecule has 6 heteroatoms. The zero-order chi connectivity index (χ0) is 4.99. The Bertz CT molecular complexity index is 46.8. The van der Waals surface area contributed by atoms with Crippen LogP contribution < -0.4 is 0 Å². The normalized spacial score (nSPS) is 9.50. The molecular weight excluding hydrogens is 442 g/mol. The van der Waals surface area contributed by atoms with Gasteiger partial charge in [0.1, 0.15) is 0 Å². The second kappa shape index (κ2) is 4.70. The summed E-state index contributed by atoms with van der Waals surface area (Å²) in [6, 6.07) is 0. The SMILES string of the molecule is O=S([O][Ta])[O][Ta]. The van der Waals surface area contributed by atoms with Crippen LogP contribution in [0.3, 0.4) is 0 Å². The van der Waals surface area contributed by atoms with Crippen molar-refractivity contribution >= 4 is 11.4 Å². The molecule has 0 aliphatic carbocycles. The third kappa shape index (κ3) is 3.73. The summed E-state index contributed by atoms with van der Waals surface area (Å²) in [5.41, 5.74) is 0. The second-order valence-corrected chi connectivity index (χ2v) is 4.27. The molecule has 3 nitrogen and oxygen atoms in total. The van der Waals surface area contributed by atoms with Gasteiger partial charge in [-0.2, -0.15) is 0 Å². The predicted molar refractivity (Wildman–Crippen MR) is 10.3 cm³/mol. The maximum atomic E-state index is 9.90. The number of rotatable bonds is 2. The van der Waals surface area contributed by atoms with Crippen LogP contribution in [0, 0.1) is 0 Å². The Balaban J connectivity index is 2.99. The summed E-state index contributed by atoms with van der Waals surface area (Å²) < 4.78 is 18.5. The molecule has 6 heavy (non-hydrogen) atoms. The van der Waals surface area contributed by atoms with Crippen molar-refractivity contribution in [2.75, 3.05) is 0 Å². The van der Waals surface area contributed by atoms with Crippen molar-refractivity contribution in [3.63, 3.8) is 0 Å². The van der Waals surface area contributed by atoms with Gasteiger partial charge in [0, 0.05) is 0 Å². The van der Waals surface area contributed by atoms with Crippen LogP contribution in [-0.2, 0) is 59.7 Å². The van der Waals surface area contributed by atoms with Crippen molar-refractivity contribution in [2.45, 2.75) is 0 Å². The van der Waals surface area contributed by atoms with E-state index in [2.05, 4.69) is 5.38 Å². The van der Waals surface area contributed by atoms with Crippen LogP contribution in [-0.4, -0.2) is 4.21 Å². The van der Waals surface area contributed by atoms with Gasteiger partial charge in [0.15, 0.2) is 0 Å². The van der Waals surface area contributed by atoms with Gasteiger partial charge in [-0.3, -0.25) is 0 Å². The summed E-state index contributed by atoms with van der Waals surface area (Å²) in [4.78, 5) is 0. The molecule has 0 spiro atoms. The zero-order valence-electron chi connectivity index (χ0n) is 2.53. The van der Waals surface area contributed by atoms with E-state index >= 15 is 0 Å². The fourth-order valence-corrected chi connectivity index (χ4v) is 2.74. The Morgan fingerprint density at radius 1 is 1.33 bits per heavy atom. The summed E-state index contributed by atoms with van der Waals surface area (Å²) >= 11 is -0.146. The molecular formula is O3STa2. The van der Waals surface area contributed by atoms with Gasteiger partial charge in [0.25, 0.3) is 0 Å². The molecule has 0 aliphatic heterocycles. The molecule has 0 aliphatic rings. The van der Waals surface area contributed by atoms with E-state index in [1.54, 1.807) is 0 Å². The van der Waals surface area contributed by atoms with Crippen molar-refractivity contribution in [2.24, 2.45) is 0 Å². The van der Waals surface area contributed by atoms with E-state index < -0.39 is 11.4 Å². The van der Waals surface area contributed by atoms with E-state index in [4.69, 9.17) is 0 Å². The molecule has 0 saturated heterocycles. The molecule has 0 radical (unpaired) electrons. The summed E-state index contributed by atoms with van der Waals surface area (Å²) in [6.07, 6.45) is 0. The Labute approximate surface area is 63.5 Å². The molecule has 0 aromatic carbocycles. The molecule has 0 heterocycles. The van der Waals surface area contributed by atoms with Gasteiger partial charge in [-0.1, -0.05) is 0 Å². The molecule has 0 fully saturated rings. The standard InChI is InChI=1S/H2O3S.2Ta/c1-4(2)3;;/h(H2,1,2,3);;/q;2*+1/p-2. The Morgan fingerprint density at radius 2 is 1.67 bits per heavy atom. The van der Waals surface area contributed by atoms with Crippen LogP contribution in [0.2, 0.25) is 0 Å². The minimum atomic E-state index is -1.44. The predicted octanol–water partition coefficient (Wildman–Crippen LogP) is -0.478. The maximum absolute atomic E-state index is 9.90. The van der Waals surface area contributed by atoms with Crippen LogP contribution in [0.15, 0.2) is 0 Å². The minimum absolute atomic E-state index is 0.645. The van der Waals surface area contributed by atoms with Gasteiger partial charge in [0.05, 0.1) is 0 Å². The third-order valence-corrected chi connectivity index (χ3v) is 2.99. The van der Waals surface area contributed by atoms with Gasteiger partial charge in [-0.15, -0.1) is 0 Å². The van der Waals surface area contributed by atoms with Crippen LogP contribution in [0.4, 0.5) is 0 Å². The first-order valence-corrected chi connectivity index (χ1v) is 4.49. The van der Waals surface area contributed by atoms with E-state index in [1.165, 1.54) is 0 Å². The van der Waals surface area contributed by atoms with Gasteiger partial charge in [0.2, 0.25) is 0 Å². The molecule has 0 unspecified atom stereocenters. The molecule has 34 valence electrons. The van der Waals surface area contributed by atoms with E-state index in [0.717, 1.165) is 0 Å². The van der Waals surface area contributed by atoms with E-state index in [-0.39, 0.29) is 0 Å². The van der Waals surface area contributed by atoms with Crippen molar-refractivity contribution in [3.8, 4) is 0 Å². The first-order valence-electron chi connectivity index (χ1n) is 0.865. The average molecular weight is 442 g/mol. The van der Waals surface area contributed by atoms with Crippen molar-refractivity contribution in [3.05, 3.63) is 0 Å². The van der Waals surface area contributed by atoms with E-state index in [9.17, 15) is 4.21 Å². The van der Waals surface area contributed by atoms with Gasteiger partial charge >= 0.3 is 63.9 Å². The first-order chi connectivity index (χ1) is 2.81. The van der Waals surface area contributed by atoms with Crippen molar-refractivity contribution < 1.29 is 52.5 Å². The van der Waals surface area contributed by atoms with Crippen molar-refractivity contribution in [1.82, 2.24) is 0 Å². The molecule has 0 amide bonds. The fourth-order valence-electron chi connectivity index (χ4n) is 0.0136. The van der Waals surface area contributed by atoms with Gasteiger partial charge in [-0.05, 0) is 0 Å². The van der Waals surface area contributed by atoms with Gasteiger partial charge < -0.3 is 0 Å². The number of hydrogen-bond acceptors (Lipinski definition) is 3. The fraction of sp³-hybridized carbons (Fsp3) is 0. The molecule has 0 aromatic heterocycles. The third-order valence-electron chi connectivity index (χ3n) is 0.122. The molecule has 0 N–H and O–H groups in total. The summed E-state index contributed by atoms with van der Waals surface area (Å²) in [5, 5.41) is 0. The van der Waals surface area contributed by atoms with Crippen molar-refractivity contribution in [1.29, 1.82) is 0 Å². The molecule has 0 aromatic rings. The van der Waals surface area contributed by atoms with Crippen LogP contribution >= 0.6 is 0 Å². The second-order valence-electron chi connectivity index (χ2n) is 0.353. The first kappa shape index (κ1) is 7.55.